The number of sulfonamides is 1. The average Bonchev–Trinajstić information content (AvgIpc) is 2.58. The SMILES string of the molecule is CCNC(=NCc1ccc(C)cc1SC)NCCS(=O)(=O)NCC1CCC1. The Morgan fingerprint density at radius 3 is 2.70 bits per heavy atom. The topological polar surface area (TPSA) is 82.6 Å². The molecule has 0 spiro atoms. The summed E-state index contributed by atoms with van der Waals surface area (Å²) in [7, 11) is -3.24. The molecule has 0 bridgehead atoms. The van der Waals surface area contributed by atoms with Gasteiger partial charge in [0.2, 0.25) is 10.0 Å². The van der Waals surface area contributed by atoms with Crippen molar-refractivity contribution in [3.63, 3.8) is 0 Å². The van der Waals surface area contributed by atoms with Gasteiger partial charge in [-0.05, 0) is 56.1 Å². The van der Waals surface area contributed by atoms with Crippen LogP contribution in [-0.2, 0) is 16.6 Å². The lowest BCUT2D eigenvalue weighted by Gasteiger charge is -2.25. The predicted molar refractivity (Wildman–Crippen MR) is 115 cm³/mol. The minimum absolute atomic E-state index is 0.0464. The first-order valence-corrected chi connectivity index (χ1v) is 12.4. The van der Waals surface area contributed by atoms with Crippen LogP contribution in [0.25, 0.3) is 0 Å². The first-order chi connectivity index (χ1) is 12.9. The molecule has 152 valence electrons. The zero-order valence-electron chi connectivity index (χ0n) is 16.5. The Kier molecular flexibility index (Phi) is 8.92. The summed E-state index contributed by atoms with van der Waals surface area (Å²) in [6.07, 6.45) is 5.55. The summed E-state index contributed by atoms with van der Waals surface area (Å²) in [5.41, 5.74) is 2.40. The second-order valence-electron chi connectivity index (χ2n) is 6.90. The van der Waals surface area contributed by atoms with Crippen molar-refractivity contribution < 1.29 is 8.42 Å². The number of rotatable bonds is 10. The average molecular weight is 413 g/mol. The van der Waals surface area contributed by atoms with E-state index in [4.69, 9.17) is 0 Å². The highest BCUT2D eigenvalue weighted by Gasteiger charge is 2.20. The molecule has 6 nitrogen and oxygen atoms in total. The molecule has 0 unspecified atom stereocenters. The quantitative estimate of drug-likeness (QED) is 0.312. The molecule has 3 N–H and O–H groups in total. The van der Waals surface area contributed by atoms with E-state index < -0.39 is 10.0 Å². The van der Waals surface area contributed by atoms with Gasteiger partial charge in [-0.25, -0.2) is 18.1 Å². The standard InChI is InChI=1S/C19H32N4O2S2/c1-4-20-19(22-14-17-9-8-15(2)12-18(17)26-3)21-10-11-27(24,25)23-13-16-6-5-7-16/h8-9,12,16,23H,4-7,10-11,13-14H2,1-3H3,(H2,20,21,22). The van der Waals surface area contributed by atoms with E-state index >= 15 is 0 Å². The Morgan fingerprint density at radius 2 is 2.07 bits per heavy atom. The van der Waals surface area contributed by atoms with E-state index in [1.54, 1.807) is 11.8 Å². The third-order valence-electron chi connectivity index (χ3n) is 4.67. The number of benzene rings is 1. The van der Waals surface area contributed by atoms with Gasteiger partial charge in [0.25, 0.3) is 0 Å². The fraction of sp³-hybridized carbons (Fsp3) is 0.632. The van der Waals surface area contributed by atoms with E-state index in [-0.39, 0.29) is 5.75 Å². The van der Waals surface area contributed by atoms with Crippen molar-refractivity contribution in [1.29, 1.82) is 0 Å². The molecule has 2 rings (SSSR count). The number of nitrogens with one attached hydrogen (secondary N) is 3. The first kappa shape index (κ1) is 22.0. The Bertz CT molecular complexity index is 731. The molecule has 1 aromatic carbocycles. The van der Waals surface area contributed by atoms with Gasteiger partial charge in [-0.3, -0.25) is 0 Å². The summed E-state index contributed by atoms with van der Waals surface area (Å²) < 4.78 is 26.9. The Morgan fingerprint density at radius 1 is 1.30 bits per heavy atom. The van der Waals surface area contributed by atoms with Crippen molar-refractivity contribution >= 4 is 27.7 Å². The van der Waals surface area contributed by atoms with Crippen molar-refractivity contribution in [2.75, 3.05) is 31.6 Å². The molecule has 1 aromatic rings. The summed E-state index contributed by atoms with van der Waals surface area (Å²) >= 11 is 1.71. The van der Waals surface area contributed by atoms with Crippen molar-refractivity contribution in [1.82, 2.24) is 15.4 Å². The maximum absolute atomic E-state index is 12.1. The van der Waals surface area contributed by atoms with Crippen LogP contribution in [0.15, 0.2) is 28.1 Å². The first-order valence-electron chi connectivity index (χ1n) is 9.56. The van der Waals surface area contributed by atoms with E-state index in [9.17, 15) is 8.42 Å². The highest BCUT2D eigenvalue weighted by Crippen LogP contribution is 2.25. The smallest absolute Gasteiger partial charge is 0.213 e. The number of nitrogens with zero attached hydrogens (tertiary/aromatic N) is 1. The van der Waals surface area contributed by atoms with Crippen molar-refractivity contribution in [2.24, 2.45) is 10.9 Å². The van der Waals surface area contributed by atoms with Gasteiger partial charge in [0.1, 0.15) is 0 Å². The second-order valence-corrected chi connectivity index (χ2v) is 9.68. The number of hydrogen-bond acceptors (Lipinski definition) is 4. The lowest BCUT2D eigenvalue weighted by Crippen LogP contribution is -2.42. The normalized spacial score (nSPS) is 15.4. The summed E-state index contributed by atoms with van der Waals surface area (Å²) in [4.78, 5) is 5.82. The van der Waals surface area contributed by atoms with Crippen LogP contribution in [0.5, 0.6) is 0 Å². The van der Waals surface area contributed by atoms with Gasteiger partial charge in [-0.15, -0.1) is 11.8 Å². The van der Waals surface area contributed by atoms with E-state index in [1.807, 2.05) is 6.92 Å². The second kappa shape index (κ2) is 10.9. The lowest BCUT2D eigenvalue weighted by molar-refractivity contribution is 0.316. The van der Waals surface area contributed by atoms with Crippen LogP contribution >= 0.6 is 11.8 Å². The zero-order chi connectivity index (χ0) is 19.7. The van der Waals surface area contributed by atoms with Crippen LogP contribution in [0.4, 0.5) is 0 Å². The molecule has 27 heavy (non-hydrogen) atoms. The summed E-state index contributed by atoms with van der Waals surface area (Å²) in [5, 5.41) is 6.30. The zero-order valence-corrected chi connectivity index (χ0v) is 18.2. The number of aliphatic imine (C=N–C) groups is 1. The molecule has 1 aliphatic carbocycles. The highest BCUT2D eigenvalue weighted by atomic mass is 32.2. The molecule has 0 aliphatic heterocycles. The predicted octanol–water partition coefficient (Wildman–Crippen LogP) is 2.49. The fourth-order valence-electron chi connectivity index (χ4n) is 2.81. The maximum Gasteiger partial charge on any atom is 0.213 e. The molecule has 8 heteroatoms. The molecular formula is C19H32N4O2S2. The third-order valence-corrected chi connectivity index (χ3v) is 6.84. The molecule has 1 saturated carbocycles. The van der Waals surface area contributed by atoms with Crippen LogP contribution in [0.2, 0.25) is 0 Å². The number of guanidine groups is 1. The molecule has 0 radical (unpaired) electrons. The Hall–Kier alpha value is -1.25. The van der Waals surface area contributed by atoms with E-state index in [0.717, 1.165) is 19.4 Å². The summed E-state index contributed by atoms with van der Waals surface area (Å²) in [5.74, 6) is 1.20. The van der Waals surface area contributed by atoms with Crippen LogP contribution in [0.3, 0.4) is 0 Å². The molecule has 1 fully saturated rings. The number of aryl methyl sites for hydroxylation is 1. The van der Waals surface area contributed by atoms with Crippen LogP contribution in [0.1, 0.15) is 37.3 Å². The molecule has 0 aromatic heterocycles. The molecular weight excluding hydrogens is 380 g/mol. The van der Waals surface area contributed by atoms with Crippen molar-refractivity contribution in [3.8, 4) is 0 Å². The largest absolute Gasteiger partial charge is 0.357 e. The van der Waals surface area contributed by atoms with Gasteiger partial charge in [-0.2, -0.15) is 0 Å². The monoisotopic (exact) mass is 412 g/mol. The minimum atomic E-state index is -3.24. The molecule has 0 amide bonds. The van der Waals surface area contributed by atoms with Crippen molar-refractivity contribution in [2.45, 2.75) is 44.6 Å². The van der Waals surface area contributed by atoms with E-state index in [1.165, 1.54) is 22.4 Å². The molecule has 1 aliphatic rings. The Balaban J connectivity index is 1.85. The van der Waals surface area contributed by atoms with Gasteiger partial charge in [-0.1, -0.05) is 18.6 Å². The highest BCUT2D eigenvalue weighted by molar-refractivity contribution is 7.98. The lowest BCUT2D eigenvalue weighted by atomic mass is 9.86. The van der Waals surface area contributed by atoms with E-state index in [0.29, 0.717) is 31.5 Å². The van der Waals surface area contributed by atoms with Gasteiger partial charge < -0.3 is 10.6 Å². The van der Waals surface area contributed by atoms with Crippen LogP contribution < -0.4 is 15.4 Å². The van der Waals surface area contributed by atoms with Gasteiger partial charge in [0, 0.05) is 24.5 Å². The fourth-order valence-corrected chi connectivity index (χ4v) is 4.51. The summed E-state index contributed by atoms with van der Waals surface area (Å²) in [6, 6.07) is 6.35. The number of thioether (sulfide) groups is 1. The van der Waals surface area contributed by atoms with Gasteiger partial charge >= 0.3 is 0 Å². The van der Waals surface area contributed by atoms with Gasteiger partial charge in [0.15, 0.2) is 5.96 Å². The maximum atomic E-state index is 12.1. The van der Waals surface area contributed by atoms with E-state index in [2.05, 4.69) is 51.7 Å². The van der Waals surface area contributed by atoms with Crippen LogP contribution in [-0.4, -0.2) is 46.0 Å². The minimum Gasteiger partial charge on any atom is -0.357 e. The third kappa shape index (κ3) is 7.71. The van der Waals surface area contributed by atoms with Crippen LogP contribution in [0, 0.1) is 12.8 Å². The van der Waals surface area contributed by atoms with Gasteiger partial charge in [0.05, 0.1) is 12.3 Å². The summed E-state index contributed by atoms with van der Waals surface area (Å²) in [6.45, 7) is 6.25. The molecule has 0 atom stereocenters. The van der Waals surface area contributed by atoms with Crippen molar-refractivity contribution in [3.05, 3.63) is 29.3 Å². The molecule has 0 heterocycles. The Labute approximate surface area is 168 Å². The molecule has 0 saturated heterocycles. The number of hydrogen-bond donors (Lipinski definition) is 3.